The first kappa shape index (κ1) is 21.0. The van der Waals surface area contributed by atoms with Crippen LogP contribution in [0.3, 0.4) is 0 Å². The average molecular weight is 452 g/mol. The van der Waals surface area contributed by atoms with Crippen LogP contribution < -0.4 is 5.32 Å². The quantitative estimate of drug-likeness (QED) is 0.353. The summed E-state index contributed by atoms with van der Waals surface area (Å²) in [6, 6.07) is 20.1. The fourth-order valence-corrected chi connectivity index (χ4v) is 5.96. The molecule has 2 aliphatic rings. The van der Waals surface area contributed by atoms with Gasteiger partial charge in [0.15, 0.2) is 5.76 Å². The zero-order valence-corrected chi connectivity index (χ0v) is 19.4. The second-order valence-corrected chi connectivity index (χ2v) is 9.83. The number of carbonyl (C=O) groups is 1. The Morgan fingerprint density at radius 1 is 1.12 bits per heavy atom. The van der Waals surface area contributed by atoms with Crippen molar-refractivity contribution in [2.75, 3.05) is 0 Å². The van der Waals surface area contributed by atoms with E-state index >= 15 is 0 Å². The first-order valence-electron chi connectivity index (χ1n) is 12.3. The molecular weight excluding hydrogens is 422 g/mol. The SMILES string of the molecule is C[C@@H](NC(=O)/C=C/c1cn(-c2ccccc2)nc1-c1cc2ccccc2o1)[C@@H]1C[C@@H]2CC[C@@H]1C2. The summed E-state index contributed by atoms with van der Waals surface area (Å²) in [5.41, 5.74) is 3.32. The number of hydrogen-bond donors (Lipinski definition) is 1. The van der Waals surface area contributed by atoms with E-state index in [1.807, 2.05) is 77.6 Å². The predicted octanol–water partition coefficient (Wildman–Crippen LogP) is 6.24. The lowest BCUT2D eigenvalue weighted by atomic mass is 9.84. The highest BCUT2D eigenvalue weighted by Gasteiger charge is 2.42. The Kier molecular flexibility index (Phi) is 5.33. The van der Waals surface area contributed by atoms with Gasteiger partial charge in [0.05, 0.1) is 5.69 Å². The fraction of sp³-hybridized carbons (Fsp3) is 0.310. The van der Waals surface area contributed by atoms with Crippen molar-refractivity contribution in [1.29, 1.82) is 0 Å². The Balaban J connectivity index is 1.27. The molecule has 6 rings (SSSR count). The summed E-state index contributed by atoms with van der Waals surface area (Å²) in [7, 11) is 0. The number of para-hydroxylation sites is 2. The van der Waals surface area contributed by atoms with Gasteiger partial charge in [-0.05, 0) is 74.3 Å². The lowest BCUT2D eigenvalue weighted by Crippen LogP contribution is -2.39. The number of nitrogens with one attached hydrogen (secondary N) is 1. The van der Waals surface area contributed by atoms with Crippen LogP contribution in [0.4, 0.5) is 0 Å². The summed E-state index contributed by atoms with van der Waals surface area (Å²) in [5.74, 6) is 2.90. The summed E-state index contributed by atoms with van der Waals surface area (Å²) in [6.07, 6.45) is 10.7. The highest BCUT2D eigenvalue weighted by Crippen LogP contribution is 2.49. The largest absolute Gasteiger partial charge is 0.454 e. The molecule has 2 heterocycles. The molecule has 2 bridgehead atoms. The molecule has 0 aliphatic heterocycles. The van der Waals surface area contributed by atoms with Gasteiger partial charge in [0.25, 0.3) is 0 Å². The Hall–Kier alpha value is -3.60. The second kappa shape index (κ2) is 8.64. The summed E-state index contributed by atoms with van der Waals surface area (Å²) in [6.45, 7) is 2.16. The van der Waals surface area contributed by atoms with E-state index < -0.39 is 0 Å². The highest BCUT2D eigenvalue weighted by atomic mass is 16.3. The minimum absolute atomic E-state index is 0.0571. The number of nitrogens with zero attached hydrogens (tertiary/aromatic N) is 2. The molecule has 1 N–H and O–H groups in total. The molecule has 0 spiro atoms. The highest BCUT2D eigenvalue weighted by molar-refractivity contribution is 5.93. The van der Waals surface area contributed by atoms with Crippen LogP contribution in [0.5, 0.6) is 0 Å². The van der Waals surface area contributed by atoms with E-state index in [0.717, 1.165) is 34.1 Å². The van der Waals surface area contributed by atoms with Crippen LogP contribution in [0, 0.1) is 17.8 Å². The van der Waals surface area contributed by atoms with Crippen molar-refractivity contribution in [2.45, 2.75) is 38.6 Å². The van der Waals surface area contributed by atoms with E-state index in [-0.39, 0.29) is 11.9 Å². The molecular formula is C29H29N3O2. The molecule has 4 aromatic rings. The molecule has 2 aliphatic carbocycles. The normalized spacial score (nSPS) is 22.6. The summed E-state index contributed by atoms with van der Waals surface area (Å²) >= 11 is 0. The molecule has 0 saturated heterocycles. The van der Waals surface area contributed by atoms with Crippen molar-refractivity contribution in [1.82, 2.24) is 15.1 Å². The minimum Gasteiger partial charge on any atom is -0.454 e. The number of rotatable bonds is 6. The van der Waals surface area contributed by atoms with Crippen molar-refractivity contribution in [3.63, 3.8) is 0 Å². The number of amides is 1. The molecule has 2 fully saturated rings. The van der Waals surface area contributed by atoms with Crippen LogP contribution in [-0.2, 0) is 4.79 Å². The van der Waals surface area contributed by atoms with E-state index in [1.54, 1.807) is 6.08 Å². The average Bonchev–Trinajstić information content (AvgIpc) is 3.65. The van der Waals surface area contributed by atoms with Crippen molar-refractivity contribution in [3.8, 4) is 17.1 Å². The second-order valence-electron chi connectivity index (χ2n) is 9.83. The molecule has 172 valence electrons. The third kappa shape index (κ3) is 3.96. The fourth-order valence-electron chi connectivity index (χ4n) is 5.96. The molecule has 4 atom stereocenters. The summed E-state index contributed by atoms with van der Waals surface area (Å²) in [5, 5.41) is 9.06. The Morgan fingerprint density at radius 3 is 2.71 bits per heavy atom. The number of hydrogen-bond acceptors (Lipinski definition) is 3. The molecule has 34 heavy (non-hydrogen) atoms. The van der Waals surface area contributed by atoms with Crippen LogP contribution in [0.1, 0.15) is 38.2 Å². The maximum atomic E-state index is 12.8. The number of benzene rings is 2. The van der Waals surface area contributed by atoms with Gasteiger partial charge in [0.2, 0.25) is 5.91 Å². The zero-order chi connectivity index (χ0) is 23.1. The molecule has 0 radical (unpaired) electrons. The number of furan rings is 1. The van der Waals surface area contributed by atoms with Gasteiger partial charge in [-0.2, -0.15) is 5.10 Å². The molecule has 2 saturated carbocycles. The molecule has 5 heteroatoms. The Morgan fingerprint density at radius 2 is 1.94 bits per heavy atom. The van der Waals surface area contributed by atoms with E-state index in [9.17, 15) is 4.79 Å². The standard InChI is InChI=1S/C29H29N3O2/c1-19(25-16-20-11-12-21(25)15-20)30-28(33)14-13-23-18-32(24-8-3-2-4-9-24)31-29(23)27-17-22-7-5-6-10-26(22)34-27/h2-10,13-14,17-21,25H,11-12,15-16H2,1H3,(H,30,33)/b14-13+/t19-,20-,21-,25+/m1/s1. The van der Waals surface area contributed by atoms with Gasteiger partial charge in [0.1, 0.15) is 11.3 Å². The van der Waals surface area contributed by atoms with E-state index in [4.69, 9.17) is 9.52 Å². The van der Waals surface area contributed by atoms with Gasteiger partial charge in [-0.25, -0.2) is 4.68 Å². The number of aromatic nitrogens is 2. The first-order chi connectivity index (χ1) is 16.6. The van der Waals surface area contributed by atoms with Crippen LogP contribution in [0.25, 0.3) is 34.2 Å². The van der Waals surface area contributed by atoms with Gasteiger partial charge in [-0.3, -0.25) is 4.79 Å². The summed E-state index contributed by atoms with van der Waals surface area (Å²) in [4.78, 5) is 12.8. The van der Waals surface area contributed by atoms with Crippen LogP contribution in [0.2, 0.25) is 0 Å². The predicted molar refractivity (Wildman–Crippen MR) is 134 cm³/mol. The molecule has 2 aromatic heterocycles. The lowest BCUT2D eigenvalue weighted by molar-refractivity contribution is -0.117. The smallest absolute Gasteiger partial charge is 0.244 e. The van der Waals surface area contributed by atoms with Gasteiger partial charge < -0.3 is 9.73 Å². The lowest BCUT2D eigenvalue weighted by Gasteiger charge is -2.28. The van der Waals surface area contributed by atoms with E-state index in [1.165, 1.54) is 25.7 Å². The monoisotopic (exact) mass is 451 g/mol. The van der Waals surface area contributed by atoms with Crippen molar-refractivity contribution < 1.29 is 9.21 Å². The molecule has 1 amide bonds. The van der Waals surface area contributed by atoms with Gasteiger partial charge in [0, 0.05) is 29.3 Å². The number of carbonyl (C=O) groups excluding carboxylic acids is 1. The van der Waals surface area contributed by atoms with Gasteiger partial charge in [-0.15, -0.1) is 0 Å². The van der Waals surface area contributed by atoms with Crippen LogP contribution >= 0.6 is 0 Å². The zero-order valence-electron chi connectivity index (χ0n) is 19.4. The van der Waals surface area contributed by atoms with Crippen molar-refractivity contribution in [3.05, 3.63) is 78.5 Å². The maximum absolute atomic E-state index is 12.8. The Bertz CT molecular complexity index is 1320. The van der Waals surface area contributed by atoms with Crippen molar-refractivity contribution >= 4 is 23.0 Å². The third-order valence-electron chi connectivity index (χ3n) is 7.64. The molecule has 5 nitrogen and oxygen atoms in total. The van der Waals surface area contributed by atoms with E-state index in [2.05, 4.69) is 12.2 Å². The molecule has 2 aromatic carbocycles. The van der Waals surface area contributed by atoms with Crippen LogP contribution in [-0.4, -0.2) is 21.7 Å². The van der Waals surface area contributed by atoms with Gasteiger partial charge >= 0.3 is 0 Å². The van der Waals surface area contributed by atoms with Crippen molar-refractivity contribution in [2.24, 2.45) is 17.8 Å². The maximum Gasteiger partial charge on any atom is 0.244 e. The molecule has 0 unspecified atom stereocenters. The van der Waals surface area contributed by atoms with Gasteiger partial charge in [-0.1, -0.05) is 42.8 Å². The van der Waals surface area contributed by atoms with Crippen LogP contribution in [0.15, 0.2) is 77.4 Å². The Labute approximate surface area is 199 Å². The number of fused-ring (bicyclic) bond motifs is 3. The first-order valence-corrected chi connectivity index (χ1v) is 12.3. The van der Waals surface area contributed by atoms with E-state index in [0.29, 0.717) is 17.4 Å². The third-order valence-corrected chi connectivity index (χ3v) is 7.64. The topological polar surface area (TPSA) is 60.1 Å². The minimum atomic E-state index is -0.0571. The summed E-state index contributed by atoms with van der Waals surface area (Å²) < 4.78 is 7.93.